The minimum atomic E-state index is -1.09. The predicted molar refractivity (Wildman–Crippen MR) is 131 cm³/mol. The highest BCUT2D eigenvalue weighted by atomic mass is 127. The molecule has 1 aliphatic rings. The quantitative estimate of drug-likeness (QED) is 0.268. The van der Waals surface area contributed by atoms with Crippen LogP contribution in [0.2, 0.25) is 0 Å². The summed E-state index contributed by atoms with van der Waals surface area (Å²) in [6, 6.07) is 30.0. The normalized spacial score (nSPS) is 26.1. The highest BCUT2D eigenvalue weighted by molar-refractivity contribution is 14.1. The van der Waals surface area contributed by atoms with E-state index >= 15 is 0 Å². The van der Waals surface area contributed by atoms with Gasteiger partial charge in [0.1, 0.15) is 17.8 Å². The molecule has 0 spiro atoms. The van der Waals surface area contributed by atoms with Gasteiger partial charge in [0, 0.05) is 7.11 Å². The van der Waals surface area contributed by atoms with E-state index in [1.165, 1.54) is 7.11 Å². The number of hydrogen-bond donors (Lipinski definition) is 2. The van der Waals surface area contributed by atoms with Gasteiger partial charge < -0.3 is 24.4 Å². The number of halogens is 1. The van der Waals surface area contributed by atoms with Crippen LogP contribution < -0.4 is 0 Å². The van der Waals surface area contributed by atoms with Gasteiger partial charge in [-0.05, 0) is 16.7 Å². The van der Waals surface area contributed by atoms with E-state index in [0.29, 0.717) is 0 Å². The number of ether oxygens (including phenoxy) is 3. The molecule has 1 saturated heterocycles. The molecule has 0 amide bonds. The lowest BCUT2D eigenvalue weighted by molar-refractivity contribution is -0.249. The highest BCUT2D eigenvalue weighted by Crippen LogP contribution is 2.41. The maximum Gasteiger partial charge on any atom is 0.172 e. The molecule has 0 aromatic heterocycles. The second kappa shape index (κ2) is 10.4. The summed E-state index contributed by atoms with van der Waals surface area (Å²) < 4.78 is 17.7. The highest BCUT2D eigenvalue weighted by Gasteiger charge is 2.45. The first-order valence-corrected chi connectivity index (χ1v) is 11.8. The van der Waals surface area contributed by atoms with Gasteiger partial charge in [-0.25, -0.2) is 0 Å². The molecule has 3 aromatic rings. The number of benzene rings is 3. The van der Waals surface area contributed by atoms with Gasteiger partial charge in [0.05, 0.1) is 16.6 Å². The number of aliphatic hydroxyl groups is 2. The van der Waals surface area contributed by atoms with E-state index in [9.17, 15) is 10.2 Å². The van der Waals surface area contributed by atoms with Gasteiger partial charge >= 0.3 is 0 Å². The molecular formula is C26H27IO5. The summed E-state index contributed by atoms with van der Waals surface area (Å²) >= 11 is 2.04. The molecule has 0 radical (unpaired) electrons. The van der Waals surface area contributed by atoms with E-state index in [2.05, 4.69) is 0 Å². The van der Waals surface area contributed by atoms with E-state index < -0.39 is 30.2 Å². The van der Waals surface area contributed by atoms with Gasteiger partial charge in [-0.1, -0.05) is 114 Å². The third kappa shape index (κ3) is 4.48. The molecule has 4 rings (SSSR count). The van der Waals surface area contributed by atoms with Gasteiger partial charge in [0.25, 0.3) is 0 Å². The number of methoxy groups -OCH3 is 1. The molecule has 1 fully saturated rings. The van der Waals surface area contributed by atoms with Crippen LogP contribution in [0.1, 0.15) is 16.7 Å². The largest absolute Gasteiger partial charge is 0.389 e. The Balaban J connectivity index is 1.77. The number of hydrogen-bond acceptors (Lipinski definition) is 5. The van der Waals surface area contributed by atoms with Gasteiger partial charge in [0.2, 0.25) is 0 Å². The summed E-state index contributed by atoms with van der Waals surface area (Å²) in [6.07, 6.45) is -3.47. The first-order chi connectivity index (χ1) is 15.6. The molecule has 0 aliphatic carbocycles. The Morgan fingerprint density at radius 1 is 0.781 bits per heavy atom. The Bertz CT molecular complexity index is 871. The molecule has 3 aromatic carbocycles. The fourth-order valence-electron chi connectivity index (χ4n) is 4.20. The summed E-state index contributed by atoms with van der Waals surface area (Å²) in [7, 11) is 1.53. The zero-order chi connectivity index (χ0) is 22.6. The van der Waals surface area contributed by atoms with Crippen molar-refractivity contribution in [2.75, 3.05) is 13.7 Å². The van der Waals surface area contributed by atoms with Gasteiger partial charge in [-0.3, -0.25) is 0 Å². The summed E-state index contributed by atoms with van der Waals surface area (Å²) in [6.45, 7) is 0.0557. The van der Waals surface area contributed by atoms with Crippen molar-refractivity contribution in [3.63, 3.8) is 0 Å². The van der Waals surface area contributed by atoms with E-state index in [-0.39, 0.29) is 10.5 Å². The Kier molecular flexibility index (Phi) is 7.60. The molecule has 1 aliphatic heterocycles. The summed E-state index contributed by atoms with van der Waals surface area (Å²) in [5, 5.41) is 21.2. The van der Waals surface area contributed by atoms with Crippen LogP contribution in [-0.4, -0.2) is 52.5 Å². The average molecular weight is 546 g/mol. The number of rotatable bonds is 7. The Morgan fingerprint density at radius 2 is 1.22 bits per heavy atom. The van der Waals surface area contributed by atoms with Crippen molar-refractivity contribution < 1.29 is 24.4 Å². The van der Waals surface area contributed by atoms with Crippen LogP contribution in [0.3, 0.4) is 0 Å². The molecule has 0 saturated carbocycles. The first kappa shape index (κ1) is 23.4. The lowest BCUT2D eigenvalue weighted by Crippen LogP contribution is -2.57. The molecule has 32 heavy (non-hydrogen) atoms. The fraction of sp³-hybridized carbons (Fsp3) is 0.308. The van der Waals surface area contributed by atoms with E-state index in [4.69, 9.17) is 14.2 Å². The van der Waals surface area contributed by atoms with Crippen molar-refractivity contribution in [3.8, 4) is 0 Å². The average Bonchev–Trinajstić information content (AvgIpc) is 2.86. The summed E-state index contributed by atoms with van der Waals surface area (Å²) in [5.41, 5.74) is 1.94. The zero-order valence-electron chi connectivity index (χ0n) is 17.8. The van der Waals surface area contributed by atoms with Gasteiger partial charge in [-0.15, -0.1) is 0 Å². The smallest absolute Gasteiger partial charge is 0.172 e. The van der Waals surface area contributed by atoms with Crippen molar-refractivity contribution in [2.45, 2.75) is 34.1 Å². The lowest BCUT2D eigenvalue weighted by atomic mass is 9.80. The van der Waals surface area contributed by atoms with Gasteiger partial charge in [-0.2, -0.15) is 0 Å². The molecule has 2 N–H and O–H groups in total. The standard InChI is InChI=1S/C26H27IO5/c1-30-25-22(27)24(29)23(28)21(32-25)17-31-26(18-11-5-2-6-12-18,19-13-7-3-8-14-19)20-15-9-4-10-16-20/h2-16,21-25,28-29H,17H2,1H3. The monoisotopic (exact) mass is 546 g/mol. The van der Waals surface area contributed by atoms with Crippen molar-refractivity contribution >= 4 is 22.6 Å². The van der Waals surface area contributed by atoms with Crippen LogP contribution in [0.15, 0.2) is 91.0 Å². The maximum absolute atomic E-state index is 10.7. The third-order valence-electron chi connectivity index (χ3n) is 5.86. The number of alkyl halides is 1. The second-order valence-corrected chi connectivity index (χ2v) is 9.23. The third-order valence-corrected chi connectivity index (χ3v) is 7.19. The van der Waals surface area contributed by atoms with Crippen molar-refractivity contribution in [1.82, 2.24) is 0 Å². The topological polar surface area (TPSA) is 68.2 Å². The molecule has 5 unspecified atom stereocenters. The van der Waals surface area contributed by atoms with Crippen LogP contribution in [0, 0.1) is 0 Å². The van der Waals surface area contributed by atoms with Crippen LogP contribution in [0.25, 0.3) is 0 Å². The van der Waals surface area contributed by atoms with E-state index in [1.54, 1.807) is 0 Å². The van der Waals surface area contributed by atoms with E-state index in [0.717, 1.165) is 16.7 Å². The minimum Gasteiger partial charge on any atom is -0.389 e. The van der Waals surface area contributed by atoms with Gasteiger partial charge in [0.15, 0.2) is 6.29 Å². The molecule has 5 atom stereocenters. The zero-order valence-corrected chi connectivity index (χ0v) is 19.9. The van der Waals surface area contributed by atoms with E-state index in [1.807, 2.05) is 114 Å². The molecule has 1 heterocycles. The number of aliphatic hydroxyl groups excluding tert-OH is 2. The Morgan fingerprint density at radius 3 is 1.62 bits per heavy atom. The molecule has 5 nitrogen and oxygen atoms in total. The van der Waals surface area contributed by atoms with Crippen LogP contribution in [-0.2, 0) is 19.8 Å². The van der Waals surface area contributed by atoms with Crippen molar-refractivity contribution in [2.24, 2.45) is 0 Å². The van der Waals surface area contributed by atoms with Crippen molar-refractivity contribution in [3.05, 3.63) is 108 Å². The second-order valence-electron chi connectivity index (χ2n) is 7.79. The van der Waals surface area contributed by atoms with Crippen LogP contribution in [0.5, 0.6) is 0 Å². The fourth-order valence-corrected chi connectivity index (χ4v) is 5.08. The maximum atomic E-state index is 10.7. The van der Waals surface area contributed by atoms with Crippen LogP contribution >= 0.6 is 22.6 Å². The minimum absolute atomic E-state index is 0.0557. The predicted octanol–water partition coefficient (Wildman–Crippen LogP) is 3.89. The van der Waals surface area contributed by atoms with Crippen molar-refractivity contribution in [1.29, 1.82) is 0 Å². The molecule has 6 heteroatoms. The lowest BCUT2D eigenvalue weighted by Gasteiger charge is -2.42. The molecule has 168 valence electrons. The summed E-state index contributed by atoms with van der Waals surface area (Å²) in [5.74, 6) is 0. The Hall–Kier alpha value is -1.81. The molecular weight excluding hydrogens is 519 g/mol. The summed E-state index contributed by atoms with van der Waals surface area (Å²) in [4.78, 5) is 0. The van der Waals surface area contributed by atoms with Crippen LogP contribution in [0.4, 0.5) is 0 Å². The first-order valence-electron chi connectivity index (χ1n) is 10.6. The Labute approximate surface area is 202 Å². The molecule has 0 bridgehead atoms. The SMILES string of the molecule is COC1OC(COC(c2ccccc2)(c2ccccc2)c2ccccc2)C(O)C(O)C1I.